The van der Waals surface area contributed by atoms with Crippen LogP contribution in [-0.4, -0.2) is 41.5 Å². The van der Waals surface area contributed by atoms with E-state index >= 15 is 0 Å². The summed E-state index contributed by atoms with van der Waals surface area (Å²) in [5, 5.41) is 7.60. The summed E-state index contributed by atoms with van der Waals surface area (Å²) in [5.74, 6) is -0.396. The Balaban J connectivity index is 1.48. The summed E-state index contributed by atoms with van der Waals surface area (Å²) < 4.78 is 29.3. The van der Waals surface area contributed by atoms with Crippen LogP contribution in [0.15, 0.2) is 65.6 Å². The minimum Gasteiger partial charge on any atom is -0.322 e. The van der Waals surface area contributed by atoms with Crippen LogP contribution in [0.3, 0.4) is 0 Å². The Bertz CT molecular complexity index is 1290. The number of benzene rings is 2. The van der Waals surface area contributed by atoms with Crippen LogP contribution in [-0.2, 0) is 14.8 Å². The summed E-state index contributed by atoms with van der Waals surface area (Å²) in [6, 6.07) is 15.8. The molecule has 4 rings (SSSR count). The number of anilines is 1. The molecule has 7 nitrogen and oxygen atoms in total. The third kappa shape index (κ3) is 5.41. The molecule has 0 radical (unpaired) electrons. The molecule has 0 unspecified atom stereocenters. The van der Waals surface area contributed by atoms with E-state index in [-0.39, 0.29) is 4.90 Å². The molecule has 0 spiro atoms. The molecule has 0 aliphatic carbocycles. The van der Waals surface area contributed by atoms with Gasteiger partial charge in [-0.25, -0.2) is 13.1 Å². The summed E-state index contributed by atoms with van der Waals surface area (Å²) in [4.78, 5) is 12.7. The fourth-order valence-corrected chi connectivity index (χ4v) is 5.85. The van der Waals surface area contributed by atoms with Gasteiger partial charge >= 0.3 is 0 Å². The van der Waals surface area contributed by atoms with Crippen molar-refractivity contribution in [3.05, 3.63) is 77.1 Å². The van der Waals surface area contributed by atoms with Gasteiger partial charge in [-0.3, -0.25) is 4.79 Å². The van der Waals surface area contributed by atoms with E-state index in [1.165, 1.54) is 16.4 Å². The van der Waals surface area contributed by atoms with Crippen molar-refractivity contribution >= 4 is 39.3 Å². The molecule has 1 N–H and O–H groups in total. The molecule has 0 saturated carbocycles. The maximum Gasteiger partial charge on any atom is 0.248 e. The number of hydrogen-bond acceptors (Lipinski definition) is 4. The Morgan fingerprint density at radius 1 is 1.03 bits per heavy atom. The van der Waals surface area contributed by atoms with E-state index in [0.29, 0.717) is 35.2 Å². The molecule has 1 fully saturated rings. The molecule has 34 heavy (non-hydrogen) atoms. The normalized spacial score (nSPS) is 15.4. The van der Waals surface area contributed by atoms with Crippen LogP contribution in [0.5, 0.6) is 0 Å². The summed E-state index contributed by atoms with van der Waals surface area (Å²) in [6.45, 7) is 2.87. The van der Waals surface area contributed by atoms with E-state index in [1.54, 1.807) is 29.0 Å². The van der Waals surface area contributed by atoms with Gasteiger partial charge in [0.25, 0.3) is 0 Å². The Kier molecular flexibility index (Phi) is 7.50. The number of nitrogens with zero attached hydrogens (tertiary/aromatic N) is 3. The standard InChI is InChI=1S/C25H27ClN4O3S/c1-19-23(25(26)30(28-19)21-11-5-4-6-12-21)14-15-24(31)27-20-10-9-13-22(18-20)34(32,33)29-16-7-2-3-8-17-29/h4-6,9-15,18H,2-3,7-8,16-17H2,1H3,(H,27,31)/b15-14+. The van der Waals surface area contributed by atoms with Crippen molar-refractivity contribution in [1.82, 2.24) is 14.1 Å². The van der Waals surface area contributed by atoms with Crippen LogP contribution in [0.1, 0.15) is 36.9 Å². The molecule has 0 atom stereocenters. The SMILES string of the molecule is Cc1nn(-c2ccccc2)c(Cl)c1/C=C/C(=O)Nc1cccc(S(=O)(=O)N2CCCCCC2)c1. The second-order valence-corrected chi connectivity index (χ2v) is 10.5. The number of hydrogen-bond donors (Lipinski definition) is 1. The Hall–Kier alpha value is -2.94. The summed E-state index contributed by atoms with van der Waals surface area (Å²) >= 11 is 6.51. The van der Waals surface area contributed by atoms with Crippen molar-refractivity contribution in [2.24, 2.45) is 0 Å². The van der Waals surface area contributed by atoms with E-state index in [9.17, 15) is 13.2 Å². The van der Waals surface area contributed by atoms with Crippen molar-refractivity contribution in [3.63, 3.8) is 0 Å². The van der Waals surface area contributed by atoms with Crippen LogP contribution in [0.2, 0.25) is 5.15 Å². The zero-order valence-corrected chi connectivity index (χ0v) is 20.5. The number of halogens is 1. The Morgan fingerprint density at radius 2 is 1.74 bits per heavy atom. The maximum absolute atomic E-state index is 13.1. The number of sulfonamides is 1. The molecule has 1 aromatic heterocycles. The fraction of sp³-hybridized carbons (Fsp3) is 0.280. The van der Waals surface area contributed by atoms with E-state index < -0.39 is 15.9 Å². The second-order valence-electron chi connectivity index (χ2n) is 8.21. The minimum atomic E-state index is -3.60. The zero-order valence-electron chi connectivity index (χ0n) is 18.9. The molecule has 1 amide bonds. The maximum atomic E-state index is 13.1. The summed E-state index contributed by atoms with van der Waals surface area (Å²) in [5.41, 5.74) is 2.55. The van der Waals surface area contributed by atoms with Gasteiger partial charge in [-0.2, -0.15) is 9.40 Å². The van der Waals surface area contributed by atoms with Crippen LogP contribution in [0.4, 0.5) is 5.69 Å². The highest BCUT2D eigenvalue weighted by Gasteiger charge is 2.25. The number of aromatic nitrogens is 2. The number of carbonyl (C=O) groups excluding carboxylic acids is 1. The highest BCUT2D eigenvalue weighted by Crippen LogP contribution is 2.25. The van der Waals surface area contributed by atoms with Crippen molar-refractivity contribution in [2.75, 3.05) is 18.4 Å². The smallest absolute Gasteiger partial charge is 0.248 e. The number of para-hydroxylation sites is 1. The van der Waals surface area contributed by atoms with Crippen molar-refractivity contribution in [2.45, 2.75) is 37.5 Å². The number of amides is 1. The lowest BCUT2D eigenvalue weighted by Crippen LogP contribution is -2.32. The van der Waals surface area contributed by atoms with E-state index in [4.69, 9.17) is 11.6 Å². The molecular weight excluding hydrogens is 472 g/mol. The lowest BCUT2D eigenvalue weighted by molar-refractivity contribution is -0.111. The van der Waals surface area contributed by atoms with Gasteiger partial charge in [0.15, 0.2) is 0 Å². The number of aryl methyl sites for hydroxylation is 1. The van der Waals surface area contributed by atoms with Gasteiger partial charge in [-0.05, 0) is 56.2 Å². The number of carbonyl (C=O) groups is 1. The van der Waals surface area contributed by atoms with Gasteiger partial charge in [0.2, 0.25) is 15.9 Å². The molecule has 1 saturated heterocycles. The molecule has 1 aliphatic heterocycles. The average Bonchev–Trinajstić information content (AvgIpc) is 3.01. The van der Waals surface area contributed by atoms with Crippen molar-refractivity contribution in [3.8, 4) is 5.69 Å². The zero-order chi connectivity index (χ0) is 24.1. The quantitative estimate of drug-likeness (QED) is 0.482. The van der Waals surface area contributed by atoms with Crippen molar-refractivity contribution < 1.29 is 13.2 Å². The first-order chi connectivity index (χ1) is 16.4. The lowest BCUT2D eigenvalue weighted by Gasteiger charge is -2.20. The minimum absolute atomic E-state index is 0.180. The van der Waals surface area contributed by atoms with Crippen molar-refractivity contribution in [1.29, 1.82) is 0 Å². The first-order valence-corrected chi connectivity index (χ1v) is 13.1. The summed E-state index contributed by atoms with van der Waals surface area (Å²) in [7, 11) is -3.60. The molecule has 1 aliphatic rings. The third-order valence-electron chi connectivity index (χ3n) is 5.75. The highest BCUT2D eigenvalue weighted by molar-refractivity contribution is 7.89. The molecule has 3 aromatic rings. The number of nitrogens with one attached hydrogen (secondary N) is 1. The van der Waals surface area contributed by atoms with Crippen LogP contribution in [0, 0.1) is 6.92 Å². The molecule has 178 valence electrons. The van der Waals surface area contributed by atoms with Gasteiger partial charge in [0.05, 0.1) is 16.3 Å². The first kappa shape index (κ1) is 24.2. The molecule has 2 heterocycles. The second kappa shape index (κ2) is 10.5. The van der Waals surface area contributed by atoms with Gasteiger partial charge in [0, 0.05) is 30.4 Å². The lowest BCUT2D eigenvalue weighted by atomic mass is 10.2. The van der Waals surface area contributed by atoms with Gasteiger partial charge in [0.1, 0.15) is 5.15 Å². The van der Waals surface area contributed by atoms with Crippen LogP contribution < -0.4 is 5.32 Å². The summed E-state index contributed by atoms with van der Waals surface area (Å²) in [6.07, 6.45) is 6.79. The topological polar surface area (TPSA) is 84.3 Å². The van der Waals surface area contributed by atoms with Crippen LogP contribution >= 0.6 is 11.6 Å². The first-order valence-electron chi connectivity index (χ1n) is 11.3. The average molecular weight is 499 g/mol. The van der Waals surface area contributed by atoms with Gasteiger partial charge < -0.3 is 5.32 Å². The number of rotatable bonds is 6. The monoisotopic (exact) mass is 498 g/mol. The molecule has 0 bridgehead atoms. The van der Waals surface area contributed by atoms with E-state index in [2.05, 4.69) is 10.4 Å². The third-order valence-corrected chi connectivity index (χ3v) is 8.01. The van der Waals surface area contributed by atoms with Gasteiger partial charge in [-0.1, -0.05) is 48.7 Å². The Labute approximate surface area is 205 Å². The highest BCUT2D eigenvalue weighted by atomic mass is 35.5. The van der Waals surface area contributed by atoms with Gasteiger partial charge in [-0.15, -0.1) is 0 Å². The predicted molar refractivity (Wildman–Crippen MR) is 135 cm³/mol. The Morgan fingerprint density at radius 3 is 2.44 bits per heavy atom. The van der Waals surface area contributed by atoms with E-state index in [0.717, 1.165) is 31.4 Å². The molecule has 2 aromatic carbocycles. The molecule has 9 heteroatoms. The predicted octanol–water partition coefficient (Wildman–Crippen LogP) is 5.05. The van der Waals surface area contributed by atoms with Crippen LogP contribution in [0.25, 0.3) is 11.8 Å². The fourth-order valence-electron chi connectivity index (χ4n) is 3.95. The molecular formula is C25H27ClN4O3S. The largest absolute Gasteiger partial charge is 0.322 e. The van der Waals surface area contributed by atoms with E-state index in [1.807, 2.05) is 37.3 Å².